The van der Waals surface area contributed by atoms with Crippen LogP contribution < -0.4 is 15.1 Å². The van der Waals surface area contributed by atoms with E-state index in [1.165, 1.54) is 19.3 Å². The molecule has 1 atom stereocenters. The van der Waals surface area contributed by atoms with Crippen LogP contribution in [0.25, 0.3) is 0 Å². The van der Waals surface area contributed by atoms with E-state index in [0.29, 0.717) is 12.0 Å². The molecule has 0 spiro atoms. The van der Waals surface area contributed by atoms with Crippen LogP contribution in [0.5, 0.6) is 0 Å². The van der Waals surface area contributed by atoms with Crippen LogP contribution in [-0.4, -0.2) is 48.2 Å². The van der Waals surface area contributed by atoms with Crippen LogP contribution in [-0.2, 0) is 0 Å². The average molecular weight is 278 g/mol. The molecule has 1 aromatic heterocycles. The molecule has 1 aliphatic heterocycles. The maximum atomic E-state index is 4.66. The lowest BCUT2D eigenvalue weighted by atomic mass is 10.1. The summed E-state index contributed by atoms with van der Waals surface area (Å²) in [6.45, 7) is 6.44. The van der Waals surface area contributed by atoms with E-state index in [1.54, 1.807) is 0 Å². The van der Waals surface area contributed by atoms with E-state index < -0.39 is 0 Å². The highest BCUT2D eigenvalue weighted by Gasteiger charge is 2.18. The lowest BCUT2D eigenvalue weighted by Gasteiger charge is -2.29. The Morgan fingerprint density at radius 3 is 2.50 bits per heavy atom. The van der Waals surface area contributed by atoms with Crippen molar-refractivity contribution in [3.63, 3.8) is 0 Å². The van der Waals surface area contributed by atoms with Gasteiger partial charge in [-0.1, -0.05) is 6.92 Å². The van der Waals surface area contributed by atoms with Gasteiger partial charge in [-0.15, -0.1) is 0 Å². The summed E-state index contributed by atoms with van der Waals surface area (Å²) in [5.74, 6) is 2.19. The molecule has 0 amide bonds. The molecule has 1 fully saturated rings. The van der Waals surface area contributed by atoms with Gasteiger partial charge in [-0.2, -0.15) is 15.0 Å². The monoisotopic (exact) mass is 278 g/mol. The minimum atomic E-state index is 0.413. The number of aromatic nitrogens is 3. The molecule has 6 heteroatoms. The molecule has 0 aromatic carbocycles. The molecule has 0 saturated carbocycles. The second-order valence-corrected chi connectivity index (χ2v) is 5.42. The third-order valence-corrected chi connectivity index (χ3v) is 4.04. The zero-order valence-corrected chi connectivity index (χ0v) is 13.1. The maximum Gasteiger partial charge on any atom is 0.231 e. The van der Waals surface area contributed by atoms with Crippen molar-refractivity contribution in [3.05, 3.63) is 0 Å². The van der Waals surface area contributed by atoms with Crippen molar-refractivity contribution in [3.8, 4) is 0 Å². The zero-order chi connectivity index (χ0) is 14.5. The van der Waals surface area contributed by atoms with Gasteiger partial charge in [0.05, 0.1) is 0 Å². The fraction of sp³-hybridized carbons (Fsp3) is 0.786. The van der Waals surface area contributed by atoms with Crippen LogP contribution in [0.1, 0.15) is 39.5 Å². The van der Waals surface area contributed by atoms with Gasteiger partial charge < -0.3 is 15.1 Å². The number of nitrogens with one attached hydrogen (secondary N) is 1. The lowest BCUT2D eigenvalue weighted by Crippen LogP contribution is -2.34. The molecule has 0 radical (unpaired) electrons. The van der Waals surface area contributed by atoms with Crippen molar-refractivity contribution in [1.29, 1.82) is 0 Å². The first-order valence-corrected chi connectivity index (χ1v) is 7.57. The molecular formula is C14H26N6. The predicted octanol–water partition coefficient (Wildman–Crippen LogP) is 2.14. The molecular weight excluding hydrogens is 252 g/mol. The Labute approximate surface area is 121 Å². The molecule has 1 saturated heterocycles. The van der Waals surface area contributed by atoms with Crippen LogP contribution in [0.3, 0.4) is 0 Å². The SMILES string of the molecule is CCC(C)N(C)c1nc(NC)nc(N2CCCCC2)n1. The van der Waals surface area contributed by atoms with Gasteiger partial charge in [-0.05, 0) is 32.6 Å². The minimum Gasteiger partial charge on any atom is -0.357 e. The highest BCUT2D eigenvalue weighted by molar-refractivity contribution is 5.45. The Hall–Kier alpha value is -1.59. The maximum absolute atomic E-state index is 4.66. The largest absolute Gasteiger partial charge is 0.357 e. The summed E-state index contributed by atoms with van der Waals surface area (Å²) in [7, 11) is 3.89. The Morgan fingerprint density at radius 2 is 1.90 bits per heavy atom. The summed E-state index contributed by atoms with van der Waals surface area (Å²) in [6, 6.07) is 0.413. The standard InChI is InChI=1S/C14H26N6/c1-5-11(2)19(4)13-16-12(15-3)17-14(18-13)20-9-7-6-8-10-20/h11H,5-10H2,1-4H3,(H,15,16,17,18). The van der Waals surface area contributed by atoms with Crippen LogP contribution >= 0.6 is 0 Å². The number of piperidine rings is 1. The Morgan fingerprint density at radius 1 is 1.20 bits per heavy atom. The molecule has 6 nitrogen and oxygen atoms in total. The van der Waals surface area contributed by atoms with E-state index in [9.17, 15) is 0 Å². The van der Waals surface area contributed by atoms with Gasteiger partial charge in [0, 0.05) is 33.2 Å². The summed E-state index contributed by atoms with van der Waals surface area (Å²) in [6.07, 6.45) is 4.81. The number of hydrogen-bond acceptors (Lipinski definition) is 6. The first-order valence-electron chi connectivity index (χ1n) is 7.57. The molecule has 1 aromatic rings. The normalized spacial score (nSPS) is 16.9. The van der Waals surface area contributed by atoms with Crippen LogP contribution in [0, 0.1) is 0 Å². The van der Waals surface area contributed by atoms with E-state index in [1.807, 2.05) is 14.1 Å². The van der Waals surface area contributed by atoms with Gasteiger partial charge in [0.2, 0.25) is 17.8 Å². The highest BCUT2D eigenvalue weighted by atomic mass is 15.4. The number of hydrogen-bond donors (Lipinski definition) is 1. The van der Waals surface area contributed by atoms with Crippen LogP contribution in [0.2, 0.25) is 0 Å². The number of anilines is 3. The van der Waals surface area contributed by atoms with Crippen molar-refractivity contribution in [2.45, 2.75) is 45.6 Å². The Bertz CT molecular complexity index is 409. The van der Waals surface area contributed by atoms with E-state index in [-0.39, 0.29) is 0 Å². The number of rotatable bonds is 5. The molecule has 2 heterocycles. The predicted molar refractivity (Wildman–Crippen MR) is 83.6 cm³/mol. The molecule has 0 aliphatic carbocycles. The summed E-state index contributed by atoms with van der Waals surface area (Å²) in [5, 5.41) is 3.04. The Balaban J connectivity index is 2.27. The van der Waals surface area contributed by atoms with Crippen LogP contribution in [0.15, 0.2) is 0 Å². The fourth-order valence-electron chi connectivity index (χ4n) is 2.33. The molecule has 0 bridgehead atoms. The van der Waals surface area contributed by atoms with E-state index in [0.717, 1.165) is 31.4 Å². The first-order chi connectivity index (χ1) is 9.65. The second kappa shape index (κ2) is 6.72. The molecule has 112 valence electrons. The van der Waals surface area contributed by atoms with Crippen molar-refractivity contribution >= 4 is 17.8 Å². The minimum absolute atomic E-state index is 0.413. The van der Waals surface area contributed by atoms with Gasteiger partial charge in [0.1, 0.15) is 0 Å². The highest BCUT2D eigenvalue weighted by Crippen LogP contribution is 2.20. The van der Waals surface area contributed by atoms with Crippen molar-refractivity contribution in [1.82, 2.24) is 15.0 Å². The first kappa shape index (κ1) is 14.8. The molecule has 2 rings (SSSR count). The molecule has 20 heavy (non-hydrogen) atoms. The summed E-state index contributed by atoms with van der Waals surface area (Å²) in [4.78, 5) is 18.0. The third kappa shape index (κ3) is 3.29. The molecule has 1 N–H and O–H groups in total. The fourth-order valence-corrected chi connectivity index (χ4v) is 2.33. The van der Waals surface area contributed by atoms with Crippen molar-refractivity contribution < 1.29 is 0 Å². The quantitative estimate of drug-likeness (QED) is 0.890. The van der Waals surface area contributed by atoms with Gasteiger partial charge in [0.15, 0.2) is 0 Å². The van der Waals surface area contributed by atoms with Gasteiger partial charge in [-0.3, -0.25) is 0 Å². The van der Waals surface area contributed by atoms with E-state index >= 15 is 0 Å². The lowest BCUT2D eigenvalue weighted by molar-refractivity contribution is 0.566. The average Bonchev–Trinajstić information content (AvgIpc) is 2.53. The summed E-state index contributed by atoms with van der Waals surface area (Å²) >= 11 is 0. The van der Waals surface area contributed by atoms with Gasteiger partial charge >= 0.3 is 0 Å². The smallest absolute Gasteiger partial charge is 0.231 e. The molecule has 1 unspecified atom stereocenters. The van der Waals surface area contributed by atoms with Gasteiger partial charge in [0.25, 0.3) is 0 Å². The zero-order valence-electron chi connectivity index (χ0n) is 13.1. The van der Waals surface area contributed by atoms with E-state index in [2.05, 4.69) is 43.9 Å². The van der Waals surface area contributed by atoms with Crippen LogP contribution in [0.4, 0.5) is 17.8 Å². The van der Waals surface area contributed by atoms with Gasteiger partial charge in [-0.25, -0.2) is 0 Å². The number of nitrogens with zero attached hydrogens (tertiary/aromatic N) is 5. The third-order valence-electron chi connectivity index (χ3n) is 4.04. The van der Waals surface area contributed by atoms with E-state index in [4.69, 9.17) is 0 Å². The molecule has 1 aliphatic rings. The Kier molecular flexibility index (Phi) is 4.98. The topological polar surface area (TPSA) is 57.2 Å². The van der Waals surface area contributed by atoms with Crippen molar-refractivity contribution in [2.75, 3.05) is 42.3 Å². The summed E-state index contributed by atoms with van der Waals surface area (Å²) in [5.41, 5.74) is 0. The second-order valence-electron chi connectivity index (χ2n) is 5.42. The van der Waals surface area contributed by atoms with Crippen molar-refractivity contribution in [2.24, 2.45) is 0 Å². The summed E-state index contributed by atoms with van der Waals surface area (Å²) < 4.78 is 0.